The highest BCUT2D eigenvalue weighted by Crippen LogP contribution is 2.25. The van der Waals surface area contributed by atoms with Crippen molar-refractivity contribution in [3.05, 3.63) is 275 Å². The molecule has 9 atom stereocenters. The maximum atomic E-state index is 9.93. The van der Waals surface area contributed by atoms with E-state index in [9.17, 15) is 14.4 Å². The van der Waals surface area contributed by atoms with Gasteiger partial charge < -0.3 is 52.5 Å². The third-order valence-corrected chi connectivity index (χ3v) is 22.7. The van der Waals surface area contributed by atoms with Crippen LogP contribution in [0.15, 0.2) is 225 Å². The first-order valence-electron chi connectivity index (χ1n) is 44.6. The third-order valence-electron chi connectivity index (χ3n) is 22.7. The van der Waals surface area contributed by atoms with Gasteiger partial charge in [-0.15, -0.1) is 33.1 Å². The normalized spacial score (nSPS) is 12.6. The van der Waals surface area contributed by atoms with E-state index in [0.29, 0.717) is 35.5 Å². The van der Waals surface area contributed by atoms with Crippen LogP contribution in [0.5, 0.6) is 0 Å². The number of hydrogen-bond donors (Lipinski definition) is 3. The van der Waals surface area contributed by atoms with E-state index in [4.69, 9.17) is 25.7 Å². The number of carboxylic acid groups (broad SMARTS) is 3. The second kappa shape index (κ2) is 62.4. The minimum atomic E-state index is -0.706. The van der Waals surface area contributed by atoms with Gasteiger partial charge in [-0.1, -0.05) is 339 Å². The van der Waals surface area contributed by atoms with Gasteiger partial charge in [-0.3, -0.25) is 14.4 Å². The molecule has 0 aliphatic rings. The largest absolute Gasteiger partial charge is 1.00 e. The van der Waals surface area contributed by atoms with E-state index in [0.717, 1.165) is 94.5 Å². The van der Waals surface area contributed by atoms with Crippen molar-refractivity contribution in [3.63, 3.8) is 0 Å². The van der Waals surface area contributed by atoms with Crippen LogP contribution in [0.1, 0.15) is 308 Å². The molecule has 12 rings (SSSR count). The van der Waals surface area contributed by atoms with Crippen molar-refractivity contribution in [1.29, 1.82) is 0 Å². The molecule has 4 heterocycles. The molecular weight excluding hydrogens is 1590 g/mol. The summed E-state index contributed by atoms with van der Waals surface area (Å²) < 4.78 is 12.2. The van der Waals surface area contributed by atoms with Crippen molar-refractivity contribution in [1.82, 2.24) is 39.7 Å². The summed E-state index contributed by atoms with van der Waals surface area (Å²) in [5.74, 6) is 1.32. The number of halogens is 3. The van der Waals surface area contributed by atoms with Crippen LogP contribution in [0.2, 0.25) is 0 Å². The average molecular weight is 1740 g/mol. The van der Waals surface area contributed by atoms with E-state index < -0.39 is 17.9 Å². The molecule has 4 aromatic heterocycles. The van der Waals surface area contributed by atoms with E-state index in [1.54, 1.807) is 33.2 Å². The lowest BCUT2D eigenvalue weighted by Gasteiger charge is -2.09. The highest BCUT2D eigenvalue weighted by molar-refractivity contribution is 5.72. The predicted molar refractivity (Wildman–Crippen MR) is 496 cm³/mol. The van der Waals surface area contributed by atoms with E-state index in [1.165, 1.54) is 105 Å². The molecule has 20 heteroatoms. The number of benzene rings is 8. The van der Waals surface area contributed by atoms with Crippen LogP contribution in [0.3, 0.4) is 0 Å². The minimum Gasteiger partial charge on any atom is -1.00 e. The first-order chi connectivity index (χ1) is 57.7. The molecule has 3 N–H and O–H groups in total. The fourth-order valence-electron chi connectivity index (χ4n) is 12.2. The Kier molecular flexibility index (Phi) is 56.5. The Bertz CT molecular complexity index is 4480. The van der Waals surface area contributed by atoms with Gasteiger partial charge in [0.2, 0.25) is 0 Å². The molecular formula is C103H148Cl3N11O6. The van der Waals surface area contributed by atoms with Crippen LogP contribution >= 0.6 is 0 Å². The lowest BCUT2D eigenvalue weighted by molar-refractivity contribution is -0.726. The van der Waals surface area contributed by atoms with E-state index >= 15 is 0 Å². The molecule has 17 nitrogen and oxygen atoms in total. The number of unbranched alkanes of at least 4 members (excludes halogenated alkanes) is 2. The topological polar surface area (TPSA) is 203 Å². The lowest BCUT2D eigenvalue weighted by atomic mass is 9.98. The van der Waals surface area contributed by atoms with Gasteiger partial charge in [0.05, 0.1) is 40.9 Å². The maximum absolute atomic E-state index is 9.93. The van der Waals surface area contributed by atoms with Gasteiger partial charge in [0.25, 0.3) is 5.65 Å². The summed E-state index contributed by atoms with van der Waals surface area (Å²) in [5, 5.41) is 38.7. The Morgan fingerprint density at radius 3 is 0.951 bits per heavy atom. The fourth-order valence-corrected chi connectivity index (χ4v) is 12.2. The quantitative estimate of drug-likeness (QED) is 0.0362. The monoisotopic (exact) mass is 1740 g/mol. The van der Waals surface area contributed by atoms with Crippen LogP contribution < -0.4 is 51.3 Å². The summed E-state index contributed by atoms with van der Waals surface area (Å²) >= 11 is 0. The molecule has 12 aromatic rings. The van der Waals surface area contributed by atoms with Gasteiger partial charge in [0.1, 0.15) is 39.4 Å². The molecule has 8 aromatic carbocycles. The van der Waals surface area contributed by atoms with Crippen LogP contribution in [0.25, 0.3) is 33.4 Å². The zero-order valence-corrected chi connectivity index (χ0v) is 80.2. The van der Waals surface area contributed by atoms with Crippen LogP contribution in [0.4, 0.5) is 0 Å². The molecule has 0 aliphatic heterocycles. The van der Waals surface area contributed by atoms with Crippen molar-refractivity contribution in [3.8, 4) is 0 Å². The smallest absolute Gasteiger partial charge is 0.343 e. The first-order valence-corrected chi connectivity index (χ1v) is 44.6. The van der Waals surface area contributed by atoms with E-state index in [1.807, 2.05) is 41.9 Å². The minimum absolute atomic E-state index is 0. The average Bonchev–Trinajstić information content (AvgIpc) is 1.66. The van der Waals surface area contributed by atoms with Crippen molar-refractivity contribution < 1.29 is 81.0 Å². The summed E-state index contributed by atoms with van der Waals surface area (Å²) in [4.78, 5) is 38.7. The second-order valence-electron chi connectivity index (χ2n) is 31.9. The number of rotatable bonds is 30. The first kappa shape index (κ1) is 111. The van der Waals surface area contributed by atoms with Gasteiger partial charge in [-0.25, -0.2) is 4.98 Å². The predicted octanol–water partition coefficient (Wildman–Crippen LogP) is 15.5. The molecule has 0 bridgehead atoms. The molecule has 672 valence electrons. The van der Waals surface area contributed by atoms with Gasteiger partial charge in [-0.2, -0.15) is 0 Å². The molecule has 0 radical (unpaired) electrons. The number of carbonyl (C=O) groups is 3. The highest BCUT2D eigenvalue weighted by atomic mass is 35.5. The second-order valence-corrected chi connectivity index (χ2v) is 31.9. The molecule has 123 heavy (non-hydrogen) atoms. The number of fused-ring (bicyclic) bond motifs is 3. The Balaban J connectivity index is 0.000000720. The van der Waals surface area contributed by atoms with Crippen LogP contribution in [-0.4, -0.2) is 72.9 Å². The van der Waals surface area contributed by atoms with Crippen molar-refractivity contribution >= 4 is 51.3 Å². The molecule has 0 saturated heterocycles. The van der Waals surface area contributed by atoms with Gasteiger partial charge >= 0.3 is 23.6 Å². The SMILES string of the molecule is CCC(C)C(=O)O.CCC(C)C(=O)O.CCC(C)C(=O)O.CCC(C)c1ccc(Cn2n[n+](C)c3ccccc32)cc1.CCC(C)c1ccccc1.CCC(C)c1ccccc1.CCC(C)c1ccccc1.CCCCn1n[n+](Cc2ccc(C(C)CC)cc2)c2ccccc21.CCCCn1n[n+](Cc2ccc(C(C)CC)cc2)c2nccnc21.[Cl-].[Cl-].[Cl-]. The number of nitrogens with zero attached hydrogens (tertiary/aromatic N) is 11. The van der Waals surface area contributed by atoms with Crippen molar-refractivity contribution in [2.45, 2.75) is 290 Å². The Morgan fingerprint density at radius 2 is 0.618 bits per heavy atom. The number of hydrogen-bond acceptors (Lipinski definition) is 8. The third kappa shape index (κ3) is 39.0. The number of aliphatic carboxylic acids is 3. The Morgan fingerprint density at radius 1 is 0.325 bits per heavy atom. The zero-order chi connectivity index (χ0) is 88.5. The number of para-hydroxylation sites is 4. The van der Waals surface area contributed by atoms with E-state index in [-0.39, 0.29) is 55.0 Å². The molecule has 0 spiro atoms. The summed E-state index contributed by atoms with van der Waals surface area (Å²) in [7, 11) is 1.99. The molecule has 0 saturated carbocycles. The summed E-state index contributed by atoms with van der Waals surface area (Å²) in [6.45, 7) is 46.2. The van der Waals surface area contributed by atoms with Gasteiger partial charge in [-0.05, 0) is 180 Å². The van der Waals surface area contributed by atoms with Crippen LogP contribution in [-0.2, 0) is 54.2 Å². The molecule has 0 aliphatic carbocycles. The van der Waals surface area contributed by atoms with Crippen molar-refractivity contribution in [2.75, 3.05) is 0 Å². The molecule has 9 unspecified atom stereocenters. The standard InChI is InChI=1S/C21H28N3.C19H26N5.C18H22N3.3C10H14.3C5H10O2.3ClH/c1-4-6-15-23-20-9-7-8-10-21(20)24(22-23)16-18-11-13-19(14-12-18)17(3)5-2;1-4-6-13-23-18-19(21-12-11-20-18)24(22-23)14-16-7-9-17(10-8-16)15(3)5-2;1-4-14(2)16-11-9-15(10-12-16)13-21-18-8-6-5-7-17(18)20(3)19-21;3*1-3-9(2)10-7-5-4-6-8-10;3*1-3-4(2)5(6)7;;;/h7-14,17H,4-6,15-16H2,1-3H3;7-12,15H,4-6,13-14H2,1-3H3;5-12,14H,4,13H2,1-3H3;3*4-9H,3H2,1-2H3;3*4H,3H2,1-2H3,(H,6,7);3*1H/q3*+1;;;;;;;;;/p-3. The summed E-state index contributed by atoms with van der Waals surface area (Å²) in [6, 6.07) is 75.6. The van der Waals surface area contributed by atoms with E-state index in [2.05, 4.69) is 338 Å². The summed E-state index contributed by atoms with van der Waals surface area (Å²) in [6.07, 6.45) is 17.4. The zero-order valence-electron chi connectivity index (χ0n) is 77.9. The lowest BCUT2D eigenvalue weighted by Crippen LogP contribution is -3.00. The maximum Gasteiger partial charge on any atom is 0.343 e. The number of aromatic nitrogens is 11. The fraction of sp³-hybridized carbons (Fsp3) is 0.466. The number of carboxylic acids is 3. The molecule has 0 amide bonds. The van der Waals surface area contributed by atoms with Gasteiger partial charge in [0.15, 0.2) is 22.1 Å². The number of aryl methyl sites for hydroxylation is 3. The van der Waals surface area contributed by atoms with Crippen molar-refractivity contribution in [2.24, 2.45) is 24.8 Å². The van der Waals surface area contributed by atoms with Gasteiger partial charge in [0, 0.05) is 5.21 Å². The Labute approximate surface area is 756 Å². The Hall–Kier alpha value is -9.68. The summed E-state index contributed by atoms with van der Waals surface area (Å²) in [5.41, 5.74) is 18.9. The molecule has 0 fully saturated rings. The van der Waals surface area contributed by atoms with Crippen LogP contribution in [0, 0.1) is 17.8 Å². The highest BCUT2D eigenvalue weighted by Gasteiger charge is 2.22.